The first-order valence-electron chi connectivity index (χ1n) is 5.56. The van der Waals surface area contributed by atoms with Crippen LogP contribution >= 0.6 is 11.8 Å². The minimum absolute atomic E-state index is 0.307. The quantitative estimate of drug-likeness (QED) is 0.941. The molecule has 0 amide bonds. The smallest absolute Gasteiger partial charge is 0.175 e. The molecule has 0 spiro atoms. The van der Waals surface area contributed by atoms with Gasteiger partial charge in [0.1, 0.15) is 5.03 Å². The van der Waals surface area contributed by atoms with Crippen LogP contribution in [-0.2, 0) is 9.84 Å². The second kappa shape index (κ2) is 5.22. The maximum Gasteiger partial charge on any atom is 0.175 e. The number of anilines is 1. The lowest BCUT2D eigenvalue weighted by molar-refractivity contribution is 0.602. The van der Waals surface area contributed by atoms with Gasteiger partial charge in [-0.3, -0.25) is 0 Å². The fourth-order valence-electron chi connectivity index (χ4n) is 1.53. The average Bonchev–Trinajstić information content (AvgIpc) is 2.32. The van der Waals surface area contributed by atoms with Crippen LogP contribution in [0.4, 0.5) is 5.69 Å². The summed E-state index contributed by atoms with van der Waals surface area (Å²) in [5.41, 5.74) is 7.52. The molecule has 1 heterocycles. The number of benzene rings is 1. The normalized spacial score (nSPS) is 11.5. The molecular formula is C13H14N2O2S2. The molecular weight excluding hydrogens is 280 g/mol. The van der Waals surface area contributed by atoms with Gasteiger partial charge in [-0.15, -0.1) is 0 Å². The zero-order valence-electron chi connectivity index (χ0n) is 10.6. The van der Waals surface area contributed by atoms with Gasteiger partial charge in [0.15, 0.2) is 9.84 Å². The highest BCUT2D eigenvalue weighted by atomic mass is 32.2. The Kier molecular flexibility index (Phi) is 3.82. The van der Waals surface area contributed by atoms with Gasteiger partial charge in [-0.1, -0.05) is 11.8 Å². The van der Waals surface area contributed by atoms with Gasteiger partial charge in [0.25, 0.3) is 0 Å². The minimum Gasteiger partial charge on any atom is -0.397 e. The maximum atomic E-state index is 11.4. The number of nitrogen functional groups attached to an aromatic ring is 1. The molecule has 2 N–H and O–H groups in total. The second-order valence-corrected chi connectivity index (χ2v) is 7.33. The van der Waals surface area contributed by atoms with Gasteiger partial charge >= 0.3 is 0 Å². The van der Waals surface area contributed by atoms with Crippen LogP contribution in [0.25, 0.3) is 0 Å². The number of aryl methyl sites for hydroxylation is 1. The van der Waals surface area contributed by atoms with E-state index in [0.29, 0.717) is 10.6 Å². The highest BCUT2D eigenvalue weighted by Gasteiger charge is 2.08. The highest BCUT2D eigenvalue weighted by molar-refractivity contribution is 7.99. The lowest BCUT2D eigenvalue weighted by Crippen LogP contribution is -1.96. The van der Waals surface area contributed by atoms with Crippen LogP contribution in [0.15, 0.2) is 51.3 Å². The number of hydrogen-bond donors (Lipinski definition) is 1. The van der Waals surface area contributed by atoms with Gasteiger partial charge in [-0.05, 0) is 42.8 Å². The number of aromatic nitrogens is 1. The number of hydrogen-bond acceptors (Lipinski definition) is 5. The fourth-order valence-corrected chi connectivity index (χ4v) is 2.94. The molecule has 0 unspecified atom stereocenters. The van der Waals surface area contributed by atoms with Crippen molar-refractivity contribution in [3.63, 3.8) is 0 Å². The topological polar surface area (TPSA) is 73.0 Å². The van der Waals surface area contributed by atoms with Crippen LogP contribution < -0.4 is 5.73 Å². The molecule has 1 aromatic heterocycles. The summed E-state index contributed by atoms with van der Waals surface area (Å²) in [6.07, 6.45) is 2.94. The van der Waals surface area contributed by atoms with Crippen LogP contribution in [0.3, 0.4) is 0 Å². The molecule has 0 aliphatic heterocycles. The van der Waals surface area contributed by atoms with Crippen molar-refractivity contribution >= 4 is 27.3 Å². The van der Waals surface area contributed by atoms with Crippen LogP contribution in [0, 0.1) is 6.92 Å². The standard InChI is InChI=1S/C13H14N2O2S2/c1-9-7-12(14)13(15-8-9)18-10-3-5-11(6-4-10)19(2,16)17/h3-8H,14H2,1-2H3. The Morgan fingerprint density at radius 2 is 1.84 bits per heavy atom. The lowest BCUT2D eigenvalue weighted by atomic mass is 10.3. The Morgan fingerprint density at radius 3 is 2.37 bits per heavy atom. The van der Waals surface area contributed by atoms with Crippen molar-refractivity contribution < 1.29 is 8.42 Å². The third-order valence-corrected chi connectivity index (χ3v) is 4.65. The van der Waals surface area contributed by atoms with Crippen LogP contribution in [0.5, 0.6) is 0 Å². The van der Waals surface area contributed by atoms with E-state index in [1.54, 1.807) is 30.5 Å². The van der Waals surface area contributed by atoms with E-state index in [0.717, 1.165) is 15.5 Å². The Labute approximate surface area is 117 Å². The second-order valence-electron chi connectivity index (χ2n) is 4.25. The monoisotopic (exact) mass is 294 g/mol. The summed E-state index contributed by atoms with van der Waals surface area (Å²) in [6.45, 7) is 1.93. The molecule has 4 nitrogen and oxygen atoms in total. The predicted molar refractivity (Wildman–Crippen MR) is 77.1 cm³/mol. The summed E-state index contributed by atoms with van der Waals surface area (Å²) < 4.78 is 22.7. The average molecular weight is 294 g/mol. The van der Waals surface area contributed by atoms with Crippen molar-refractivity contribution in [3.05, 3.63) is 42.1 Å². The number of rotatable bonds is 3. The first-order valence-corrected chi connectivity index (χ1v) is 8.27. The zero-order chi connectivity index (χ0) is 14.0. The van der Waals surface area contributed by atoms with E-state index < -0.39 is 9.84 Å². The van der Waals surface area contributed by atoms with Crippen molar-refractivity contribution in [1.82, 2.24) is 4.98 Å². The summed E-state index contributed by atoms with van der Waals surface area (Å²) in [4.78, 5) is 5.47. The fraction of sp³-hybridized carbons (Fsp3) is 0.154. The Bertz CT molecular complexity index is 695. The molecule has 0 saturated heterocycles. The van der Waals surface area contributed by atoms with Crippen molar-refractivity contribution in [2.24, 2.45) is 0 Å². The Morgan fingerprint density at radius 1 is 1.21 bits per heavy atom. The summed E-state index contributed by atoms with van der Waals surface area (Å²) in [5, 5.41) is 0.720. The third-order valence-electron chi connectivity index (χ3n) is 2.48. The molecule has 2 rings (SSSR count). The minimum atomic E-state index is -3.16. The van der Waals surface area contributed by atoms with E-state index in [2.05, 4.69) is 4.98 Å². The highest BCUT2D eigenvalue weighted by Crippen LogP contribution is 2.30. The first kappa shape index (κ1) is 13.9. The Hall–Kier alpha value is -1.53. The van der Waals surface area contributed by atoms with Crippen molar-refractivity contribution in [1.29, 1.82) is 0 Å². The lowest BCUT2D eigenvalue weighted by Gasteiger charge is -2.06. The largest absolute Gasteiger partial charge is 0.397 e. The zero-order valence-corrected chi connectivity index (χ0v) is 12.3. The summed E-state index contributed by atoms with van der Waals surface area (Å²) >= 11 is 1.41. The van der Waals surface area contributed by atoms with Gasteiger partial charge in [-0.25, -0.2) is 13.4 Å². The molecule has 0 saturated carbocycles. The summed E-state index contributed by atoms with van der Waals surface area (Å²) in [5.74, 6) is 0. The van der Waals surface area contributed by atoms with E-state index in [4.69, 9.17) is 5.73 Å². The number of nitrogens with zero attached hydrogens (tertiary/aromatic N) is 1. The van der Waals surface area contributed by atoms with Crippen LogP contribution in [0.1, 0.15) is 5.56 Å². The van der Waals surface area contributed by atoms with Gasteiger partial charge in [0.05, 0.1) is 10.6 Å². The van der Waals surface area contributed by atoms with Crippen molar-refractivity contribution in [3.8, 4) is 0 Å². The van der Waals surface area contributed by atoms with Gasteiger partial charge < -0.3 is 5.73 Å². The van der Waals surface area contributed by atoms with Gasteiger partial charge in [0, 0.05) is 17.3 Å². The van der Waals surface area contributed by atoms with E-state index in [1.807, 2.05) is 13.0 Å². The molecule has 0 atom stereocenters. The molecule has 0 fully saturated rings. The first-order chi connectivity index (χ1) is 8.86. The van der Waals surface area contributed by atoms with E-state index in [9.17, 15) is 8.42 Å². The molecule has 0 aliphatic carbocycles. The number of nitrogens with two attached hydrogens (primary N) is 1. The molecule has 2 aromatic rings. The number of sulfone groups is 1. The molecule has 0 bridgehead atoms. The molecule has 1 aromatic carbocycles. The van der Waals surface area contributed by atoms with Crippen molar-refractivity contribution in [2.75, 3.05) is 12.0 Å². The van der Waals surface area contributed by atoms with E-state index in [-0.39, 0.29) is 0 Å². The van der Waals surface area contributed by atoms with Crippen LogP contribution in [0.2, 0.25) is 0 Å². The summed E-state index contributed by atoms with van der Waals surface area (Å²) in [7, 11) is -3.16. The number of pyridine rings is 1. The SMILES string of the molecule is Cc1cnc(Sc2ccc(S(C)(=O)=O)cc2)c(N)c1. The van der Waals surface area contributed by atoms with Gasteiger partial charge in [0.2, 0.25) is 0 Å². The molecule has 0 radical (unpaired) electrons. The van der Waals surface area contributed by atoms with E-state index >= 15 is 0 Å². The van der Waals surface area contributed by atoms with E-state index in [1.165, 1.54) is 18.0 Å². The van der Waals surface area contributed by atoms with Crippen molar-refractivity contribution in [2.45, 2.75) is 21.7 Å². The molecule has 6 heteroatoms. The van der Waals surface area contributed by atoms with Gasteiger partial charge in [-0.2, -0.15) is 0 Å². The predicted octanol–water partition coefficient (Wildman–Crippen LogP) is 2.53. The molecule has 19 heavy (non-hydrogen) atoms. The maximum absolute atomic E-state index is 11.4. The molecule has 0 aliphatic rings. The third kappa shape index (κ3) is 3.48. The Balaban J connectivity index is 2.25. The summed E-state index contributed by atoms with van der Waals surface area (Å²) in [6, 6.07) is 8.54. The molecule has 100 valence electrons. The van der Waals surface area contributed by atoms with Crippen LogP contribution in [-0.4, -0.2) is 19.7 Å².